The first-order valence-corrected chi connectivity index (χ1v) is 7.04. The molecule has 1 aromatic heterocycles. The first-order valence-electron chi connectivity index (χ1n) is 7.04. The van der Waals surface area contributed by atoms with Gasteiger partial charge in [-0.2, -0.15) is 5.10 Å². The van der Waals surface area contributed by atoms with Crippen molar-refractivity contribution in [2.45, 2.75) is 33.6 Å². The van der Waals surface area contributed by atoms with Crippen LogP contribution < -0.4 is 11.0 Å². The Morgan fingerprint density at radius 3 is 3.00 bits per heavy atom. The molecular formula is C15H20N4O. The van der Waals surface area contributed by atoms with Gasteiger partial charge >= 0.3 is 0 Å². The number of hydrogen-bond acceptors (Lipinski definition) is 4. The van der Waals surface area contributed by atoms with Crippen LogP contribution in [0.25, 0.3) is 0 Å². The summed E-state index contributed by atoms with van der Waals surface area (Å²) in [5.41, 5.74) is 4.99. The highest BCUT2D eigenvalue weighted by Gasteiger charge is 2.50. The molecule has 5 nitrogen and oxygen atoms in total. The molecule has 0 spiro atoms. The molecule has 106 valence electrons. The fourth-order valence-corrected chi connectivity index (χ4v) is 3.34. The Morgan fingerprint density at radius 2 is 2.35 bits per heavy atom. The van der Waals surface area contributed by atoms with Gasteiger partial charge in [-0.3, -0.25) is 9.78 Å². The summed E-state index contributed by atoms with van der Waals surface area (Å²) < 4.78 is 0. The van der Waals surface area contributed by atoms with Gasteiger partial charge in [0.15, 0.2) is 0 Å². The molecule has 2 unspecified atom stereocenters. The first-order chi connectivity index (χ1) is 9.46. The van der Waals surface area contributed by atoms with E-state index >= 15 is 0 Å². The molecule has 2 atom stereocenters. The molecule has 1 fully saturated rings. The number of anilines is 1. The van der Waals surface area contributed by atoms with Crippen molar-refractivity contribution in [3.63, 3.8) is 0 Å². The van der Waals surface area contributed by atoms with E-state index in [1.165, 1.54) is 18.1 Å². The van der Waals surface area contributed by atoms with Gasteiger partial charge in [-0.15, -0.1) is 0 Å². The van der Waals surface area contributed by atoms with E-state index in [4.69, 9.17) is 0 Å². The highest BCUT2D eigenvalue weighted by atomic mass is 16.1. The molecule has 2 bridgehead atoms. The lowest BCUT2D eigenvalue weighted by Crippen LogP contribution is -2.48. The monoisotopic (exact) mass is 272 g/mol. The van der Waals surface area contributed by atoms with Crippen LogP contribution in [-0.4, -0.2) is 16.2 Å². The molecule has 1 aromatic rings. The number of H-pyrrole nitrogens is 1. The number of aromatic amines is 1. The average molecular weight is 272 g/mol. The second kappa shape index (κ2) is 4.58. The van der Waals surface area contributed by atoms with Gasteiger partial charge in [-0.25, -0.2) is 10.4 Å². The van der Waals surface area contributed by atoms with Gasteiger partial charge in [0.25, 0.3) is 5.56 Å². The highest BCUT2D eigenvalue weighted by Crippen LogP contribution is 2.58. The molecule has 0 aromatic carbocycles. The molecule has 1 heterocycles. The quantitative estimate of drug-likeness (QED) is 0.656. The van der Waals surface area contributed by atoms with E-state index in [1.807, 2.05) is 6.21 Å². The minimum atomic E-state index is -0.171. The van der Waals surface area contributed by atoms with Crippen LogP contribution in [-0.2, 0) is 0 Å². The molecule has 2 N–H and O–H groups in total. The number of nitrogens with zero attached hydrogens (tertiary/aromatic N) is 2. The smallest absolute Gasteiger partial charge is 0.252 e. The minimum absolute atomic E-state index is 0.171. The van der Waals surface area contributed by atoms with Gasteiger partial charge in [0.1, 0.15) is 0 Å². The van der Waals surface area contributed by atoms with Gasteiger partial charge in [0.2, 0.25) is 5.95 Å². The first kappa shape index (κ1) is 13.1. The number of allylic oxidation sites excluding steroid dienone is 2. The largest absolute Gasteiger partial charge is 0.291 e. The molecule has 3 aliphatic carbocycles. The van der Waals surface area contributed by atoms with E-state index in [0.29, 0.717) is 23.0 Å². The second-order valence-electron chi connectivity index (χ2n) is 6.35. The summed E-state index contributed by atoms with van der Waals surface area (Å²) in [6.45, 7) is 6.45. The van der Waals surface area contributed by atoms with E-state index in [2.05, 4.69) is 40.4 Å². The summed E-state index contributed by atoms with van der Waals surface area (Å²) >= 11 is 0. The highest BCUT2D eigenvalue weighted by molar-refractivity contribution is 5.81. The summed E-state index contributed by atoms with van der Waals surface area (Å²) in [4.78, 5) is 18.1. The SMILES string of the molecule is Cc1cc(=O)[nH]c(N/N=C/C2=CCC3CC2C3(C)C)n1. The molecule has 3 aliphatic rings. The summed E-state index contributed by atoms with van der Waals surface area (Å²) in [5, 5.41) is 4.21. The standard InChI is InChI=1S/C15H20N4O/c1-9-6-13(20)18-14(17-9)19-16-8-10-4-5-11-7-12(10)15(11,2)3/h4,6,8,11-12H,5,7H2,1-3H3,(H2,17,18,19,20)/b16-8+. The normalized spacial score (nSPS) is 27.1. The van der Waals surface area contributed by atoms with Crippen molar-refractivity contribution >= 4 is 12.2 Å². The van der Waals surface area contributed by atoms with Crippen molar-refractivity contribution in [1.29, 1.82) is 0 Å². The zero-order valence-electron chi connectivity index (χ0n) is 12.1. The molecule has 20 heavy (non-hydrogen) atoms. The van der Waals surface area contributed by atoms with Crippen LogP contribution in [0.3, 0.4) is 0 Å². The third-order valence-electron chi connectivity index (χ3n) is 4.76. The minimum Gasteiger partial charge on any atom is -0.291 e. The lowest BCUT2D eigenvalue weighted by Gasteiger charge is -2.55. The molecule has 0 amide bonds. The van der Waals surface area contributed by atoms with E-state index in [1.54, 1.807) is 6.92 Å². The maximum absolute atomic E-state index is 11.3. The van der Waals surface area contributed by atoms with Crippen molar-refractivity contribution in [1.82, 2.24) is 9.97 Å². The maximum Gasteiger partial charge on any atom is 0.252 e. The molecule has 5 heteroatoms. The van der Waals surface area contributed by atoms with E-state index < -0.39 is 0 Å². The summed E-state index contributed by atoms with van der Waals surface area (Å²) in [5.74, 6) is 1.82. The fraction of sp³-hybridized carbons (Fsp3) is 0.533. The molecule has 0 saturated heterocycles. The van der Waals surface area contributed by atoms with Crippen molar-refractivity contribution in [3.05, 3.63) is 33.8 Å². The van der Waals surface area contributed by atoms with Gasteiger partial charge in [0.05, 0.1) is 6.21 Å². The molecule has 0 aliphatic heterocycles. The maximum atomic E-state index is 11.3. The van der Waals surface area contributed by atoms with Crippen LogP contribution in [0.1, 0.15) is 32.4 Å². The molecule has 0 radical (unpaired) electrons. The number of nitrogens with one attached hydrogen (secondary N) is 2. The Kier molecular flexibility index (Phi) is 3.00. The second-order valence-corrected chi connectivity index (χ2v) is 6.35. The van der Waals surface area contributed by atoms with Gasteiger partial charge in [0, 0.05) is 11.8 Å². The summed E-state index contributed by atoms with van der Waals surface area (Å²) in [7, 11) is 0. The summed E-state index contributed by atoms with van der Waals surface area (Å²) in [6, 6.07) is 1.45. The van der Waals surface area contributed by atoms with Crippen molar-refractivity contribution in [3.8, 4) is 0 Å². The fourth-order valence-electron chi connectivity index (χ4n) is 3.34. The van der Waals surface area contributed by atoms with E-state index in [9.17, 15) is 4.79 Å². The van der Waals surface area contributed by atoms with Crippen LogP contribution in [0, 0.1) is 24.2 Å². The lowest BCUT2D eigenvalue weighted by atomic mass is 9.49. The molecular weight excluding hydrogens is 252 g/mol. The zero-order chi connectivity index (χ0) is 14.3. The Morgan fingerprint density at radius 1 is 1.55 bits per heavy atom. The lowest BCUT2D eigenvalue weighted by molar-refractivity contribution is -0.00124. The summed E-state index contributed by atoms with van der Waals surface area (Å²) in [6.07, 6.45) is 6.56. The van der Waals surface area contributed by atoms with E-state index in [-0.39, 0.29) is 5.56 Å². The predicted octanol–water partition coefficient (Wildman–Crippen LogP) is 2.47. The Bertz CT molecular complexity index is 642. The number of hydrazone groups is 1. The number of hydrogen-bond donors (Lipinski definition) is 2. The van der Waals surface area contributed by atoms with Gasteiger partial charge in [-0.1, -0.05) is 19.9 Å². The molecule has 4 rings (SSSR count). The van der Waals surface area contributed by atoms with Gasteiger partial charge < -0.3 is 0 Å². The Hall–Kier alpha value is -1.91. The van der Waals surface area contributed by atoms with Crippen LogP contribution in [0.15, 0.2) is 27.6 Å². The van der Waals surface area contributed by atoms with Crippen LogP contribution in [0.4, 0.5) is 5.95 Å². The number of aromatic nitrogens is 2. The number of fused-ring (bicyclic) bond motifs is 1. The number of rotatable bonds is 3. The average Bonchev–Trinajstić information content (AvgIpc) is 2.37. The predicted molar refractivity (Wildman–Crippen MR) is 79.8 cm³/mol. The topological polar surface area (TPSA) is 70.1 Å². The van der Waals surface area contributed by atoms with Crippen LogP contribution >= 0.6 is 0 Å². The number of aryl methyl sites for hydroxylation is 1. The zero-order valence-corrected chi connectivity index (χ0v) is 12.1. The van der Waals surface area contributed by atoms with E-state index in [0.717, 1.165) is 12.3 Å². The van der Waals surface area contributed by atoms with Crippen molar-refractivity contribution < 1.29 is 0 Å². The Balaban J connectivity index is 1.69. The van der Waals surface area contributed by atoms with Crippen molar-refractivity contribution in [2.75, 3.05) is 5.43 Å². The van der Waals surface area contributed by atoms with Crippen molar-refractivity contribution in [2.24, 2.45) is 22.4 Å². The van der Waals surface area contributed by atoms with Crippen LogP contribution in [0.5, 0.6) is 0 Å². The third kappa shape index (κ3) is 2.17. The van der Waals surface area contributed by atoms with Crippen LogP contribution in [0.2, 0.25) is 0 Å². The Labute approximate surface area is 118 Å². The molecule has 1 saturated carbocycles. The van der Waals surface area contributed by atoms with Gasteiger partial charge in [-0.05, 0) is 42.6 Å². The third-order valence-corrected chi connectivity index (χ3v) is 4.76.